The molecule has 3 saturated heterocycles. The van der Waals surface area contributed by atoms with Crippen molar-refractivity contribution in [3.05, 3.63) is 36.0 Å². The van der Waals surface area contributed by atoms with Gasteiger partial charge >= 0.3 is 5.97 Å². The molecule has 5 nitrogen and oxygen atoms in total. The molecule has 1 aromatic heterocycles. The molecule has 0 N–H and O–H groups in total. The van der Waals surface area contributed by atoms with Crippen LogP contribution in [0.3, 0.4) is 0 Å². The zero-order chi connectivity index (χ0) is 17.7. The molecule has 3 aliphatic heterocycles. The van der Waals surface area contributed by atoms with Gasteiger partial charge in [0.25, 0.3) is 0 Å². The summed E-state index contributed by atoms with van der Waals surface area (Å²) in [4.78, 5) is 15.5. The molecule has 138 valence electrons. The van der Waals surface area contributed by atoms with Crippen LogP contribution in [0.4, 0.5) is 0 Å². The van der Waals surface area contributed by atoms with E-state index in [4.69, 9.17) is 9.47 Å². The average Bonchev–Trinajstić information content (AvgIpc) is 3.33. The highest BCUT2D eigenvalue weighted by Crippen LogP contribution is 2.36. The summed E-state index contributed by atoms with van der Waals surface area (Å²) in [6, 6.07) is 9.58. The van der Waals surface area contributed by atoms with Crippen LogP contribution >= 0.6 is 0 Å². The molecule has 4 heterocycles. The van der Waals surface area contributed by atoms with E-state index >= 15 is 0 Å². The predicted octanol–water partition coefficient (Wildman–Crippen LogP) is 3.38. The van der Waals surface area contributed by atoms with Gasteiger partial charge in [-0.05, 0) is 32.4 Å². The van der Waals surface area contributed by atoms with Crippen LogP contribution in [0.1, 0.15) is 48.5 Å². The number of esters is 1. The number of carbonyl (C=O) groups is 1. The van der Waals surface area contributed by atoms with Crippen LogP contribution in [-0.4, -0.2) is 53.9 Å². The molecule has 0 aliphatic carbocycles. The molecule has 0 radical (unpaired) electrons. The number of fused-ring (bicyclic) bond motifs is 3. The topological polar surface area (TPSA) is 43.7 Å². The number of hydrogen-bond acceptors (Lipinski definition) is 4. The largest absolute Gasteiger partial charge is 0.459 e. The highest BCUT2D eigenvalue weighted by atomic mass is 16.5. The molecular formula is C21H26N2O3. The summed E-state index contributed by atoms with van der Waals surface area (Å²) in [6.07, 6.45) is 7.42. The van der Waals surface area contributed by atoms with Crippen LogP contribution < -0.4 is 0 Å². The standard InChI is InChI=1S/C21H26N2O3/c1-22-14-6-7-15(22)11-17(10-14)26-21(24)19-12-23(16-8-9-25-13-16)20-5-3-2-4-18(19)20/h2-5,12,14-17H,6-11,13H2,1H3/t14-,15+,16?,17-. The Hall–Kier alpha value is -1.85. The molecule has 2 aromatic rings. The van der Waals surface area contributed by atoms with Crippen molar-refractivity contribution in [1.29, 1.82) is 0 Å². The Morgan fingerprint density at radius 2 is 1.88 bits per heavy atom. The second kappa shape index (κ2) is 6.39. The van der Waals surface area contributed by atoms with Crippen molar-refractivity contribution >= 4 is 16.9 Å². The van der Waals surface area contributed by atoms with Gasteiger partial charge in [0.2, 0.25) is 0 Å². The van der Waals surface area contributed by atoms with Crippen molar-refractivity contribution in [3.8, 4) is 0 Å². The molecule has 4 atom stereocenters. The number of hydrogen-bond donors (Lipinski definition) is 0. The van der Waals surface area contributed by atoms with E-state index in [2.05, 4.69) is 22.6 Å². The minimum absolute atomic E-state index is 0.0492. The van der Waals surface area contributed by atoms with Crippen molar-refractivity contribution in [2.24, 2.45) is 0 Å². The number of ether oxygens (including phenoxy) is 2. The van der Waals surface area contributed by atoms with Gasteiger partial charge in [0.05, 0.1) is 18.2 Å². The average molecular weight is 354 g/mol. The number of rotatable bonds is 3. The molecule has 1 aromatic carbocycles. The van der Waals surface area contributed by atoms with E-state index in [1.54, 1.807) is 0 Å². The van der Waals surface area contributed by atoms with E-state index < -0.39 is 0 Å². The minimum atomic E-state index is -0.173. The number of benzene rings is 1. The van der Waals surface area contributed by atoms with Crippen LogP contribution in [0.5, 0.6) is 0 Å². The summed E-state index contributed by atoms with van der Waals surface area (Å²) in [5.74, 6) is -0.173. The molecule has 26 heavy (non-hydrogen) atoms. The smallest absolute Gasteiger partial charge is 0.340 e. The highest BCUT2D eigenvalue weighted by molar-refractivity contribution is 6.04. The zero-order valence-corrected chi connectivity index (χ0v) is 15.3. The lowest BCUT2D eigenvalue weighted by atomic mass is 10.0. The molecule has 2 bridgehead atoms. The van der Waals surface area contributed by atoms with Crippen LogP contribution in [-0.2, 0) is 9.47 Å². The Morgan fingerprint density at radius 1 is 1.12 bits per heavy atom. The molecular weight excluding hydrogens is 328 g/mol. The third kappa shape index (κ3) is 2.65. The minimum Gasteiger partial charge on any atom is -0.459 e. The van der Waals surface area contributed by atoms with Gasteiger partial charge in [-0.1, -0.05) is 18.2 Å². The van der Waals surface area contributed by atoms with E-state index in [0.29, 0.717) is 30.3 Å². The summed E-state index contributed by atoms with van der Waals surface area (Å²) in [6.45, 7) is 1.50. The first kappa shape index (κ1) is 16.3. The monoisotopic (exact) mass is 354 g/mol. The predicted molar refractivity (Wildman–Crippen MR) is 99.4 cm³/mol. The Bertz CT molecular complexity index is 810. The summed E-state index contributed by atoms with van der Waals surface area (Å²) >= 11 is 0. The number of para-hydroxylation sites is 1. The molecule has 0 spiro atoms. The van der Waals surface area contributed by atoms with Gasteiger partial charge in [-0.2, -0.15) is 0 Å². The van der Waals surface area contributed by atoms with Crippen molar-refractivity contribution in [1.82, 2.24) is 9.47 Å². The number of nitrogens with zero attached hydrogens (tertiary/aromatic N) is 2. The third-order valence-corrected chi connectivity index (χ3v) is 6.59. The van der Waals surface area contributed by atoms with Crippen molar-refractivity contribution in [2.75, 3.05) is 20.3 Å². The number of carbonyl (C=O) groups excluding carboxylic acids is 1. The lowest BCUT2D eigenvalue weighted by Crippen LogP contribution is -2.43. The van der Waals surface area contributed by atoms with Gasteiger partial charge in [-0.25, -0.2) is 4.79 Å². The van der Waals surface area contributed by atoms with Crippen molar-refractivity contribution in [3.63, 3.8) is 0 Å². The fraction of sp³-hybridized carbons (Fsp3) is 0.571. The maximum atomic E-state index is 13.0. The highest BCUT2D eigenvalue weighted by Gasteiger charge is 2.40. The first-order valence-electron chi connectivity index (χ1n) is 9.81. The van der Waals surface area contributed by atoms with Gasteiger partial charge in [0, 0.05) is 48.6 Å². The molecule has 3 aliphatic rings. The summed E-state index contributed by atoms with van der Waals surface area (Å²) in [5.41, 5.74) is 1.79. The normalized spacial score (nSPS) is 31.6. The van der Waals surface area contributed by atoms with Gasteiger partial charge in [-0.15, -0.1) is 0 Å². The van der Waals surface area contributed by atoms with Gasteiger partial charge in [-0.3, -0.25) is 0 Å². The maximum Gasteiger partial charge on any atom is 0.340 e. The van der Waals surface area contributed by atoms with Crippen LogP contribution in [0, 0.1) is 0 Å². The first-order valence-corrected chi connectivity index (χ1v) is 9.81. The Labute approximate surface area is 153 Å². The lowest BCUT2D eigenvalue weighted by molar-refractivity contribution is -0.000291. The van der Waals surface area contributed by atoms with Crippen LogP contribution in [0.25, 0.3) is 10.9 Å². The maximum absolute atomic E-state index is 13.0. The summed E-state index contributed by atoms with van der Waals surface area (Å²) < 4.78 is 13.7. The molecule has 5 heteroatoms. The second-order valence-corrected chi connectivity index (χ2v) is 8.03. The number of aromatic nitrogens is 1. The van der Waals surface area contributed by atoms with Crippen molar-refractivity contribution < 1.29 is 14.3 Å². The van der Waals surface area contributed by atoms with Crippen molar-refractivity contribution in [2.45, 2.75) is 56.3 Å². The van der Waals surface area contributed by atoms with E-state index in [1.165, 1.54) is 12.8 Å². The molecule has 0 saturated carbocycles. The Morgan fingerprint density at radius 3 is 2.62 bits per heavy atom. The molecule has 5 rings (SSSR count). The van der Waals surface area contributed by atoms with E-state index in [1.807, 2.05) is 24.4 Å². The summed E-state index contributed by atoms with van der Waals surface area (Å²) in [7, 11) is 2.21. The molecule has 0 amide bonds. The second-order valence-electron chi connectivity index (χ2n) is 8.03. The zero-order valence-electron chi connectivity index (χ0n) is 15.3. The molecule has 1 unspecified atom stereocenters. The Balaban J connectivity index is 1.41. The third-order valence-electron chi connectivity index (χ3n) is 6.59. The first-order chi connectivity index (χ1) is 12.7. The van der Waals surface area contributed by atoms with E-state index in [-0.39, 0.29) is 12.1 Å². The van der Waals surface area contributed by atoms with Gasteiger partial charge in [0.1, 0.15) is 6.10 Å². The van der Waals surface area contributed by atoms with Gasteiger partial charge in [0.15, 0.2) is 0 Å². The SMILES string of the molecule is CN1[C@@H]2CC[C@H]1C[C@H](OC(=O)c1cn(C3CCOC3)c3ccccc13)C2. The molecule has 3 fully saturated rings. The Kier molecular flexibility index (Phi) is 4.02. The summed E-state index contributed by atoms with van der Waals surface area (Å²) in [5, 5.41) is 0.986. The van der Waals surface area contributed by atoms with Crippen LogP contribution in [0.2, 0.25) is 0 Å². The quantitative estimate of drug-likeness (QED) is 0.793. The van der Waals surface area contributed by atoms with E-state index in [9.17, 15) is 4.79 Å². The van der Waals surface area contributed by atoms with Gasteiger partial charge < -0.3 is 18.9 Å². The fourth-order valence-electron chi connectivity index (χ4n) is 5.08. The van der Waals surface area contributed by atoms with Crippen LogP contribution in [0.15, 0.2) is 30.5 Å². The lowest BCUT2D eigenvalue weighted by Gasteiger charge is -2.35. The number of piperidine rings is 1. The van der Waals surface area contributed by atoms with E-state index in [0.717, 1.165) is 36.8 Å². The fourth-order valence-corrected chi connectivity index (χ4v) is 5.08.